The Hall–Kier alpha value is -1.71. The molecule has 0 radical (unpaired) electrons. The second-order valence-electron chi connectivity index (χ2n) is 4.12. The van der Waals surface area contributed by atoms with Gasteiger partial charge in [-0.1, -0.05) is 11.6 Å². The van der Waals surface area contributed by atoms with Crippen LogP contribution in [0.3, 0.4) is 0 Å². The molecule has 3 nitrogen and oxygen atoms in total. The average molecular weight is 247 g/mol. The summed E-state index contributed by atoms with van der Waals surface area (Å²) >= 11 is 6.05. The third-order valence-electron chi connectivity index (χ3n) is 3.27. The van der Waals surface area contributed by atoms with Crippen molar-refractivity contribution in [3.8, 4) is 11.8 Å². The quantitative estimate of drug-likeness (QED) is 0.751. The van der Waals surface area contributed by atoms with Gasteiger partial charge in [0.25, 0.3) is 5.54 Å². The van der Waals surface area contributed by atoms with Crippen molar-refractivity contribution in [2.45, 2.75) is 24.8 Å². The number of methoxy groups -OCH3 is 1. The predicted octanol–water partition coefficient (Wildman–Crippen LogP) is 3.32. The maximum Gasteiger partial charge on any atom is 0.271 e. The van der Waals surface area contributed by atoms with Gasteiger partial charge in [-0.25, -0.2) is 6.57 Å². The lowest BCUT2D eigenvalue weighted by molar-refractivity contribution is 0.413. The number of rotatable bonds is 2. The summed E-state index contributed by atoms with van der Waals surface area (Å²) < 4.78 is 5.17. The molecule has 17 heavy (non-hydrogen) atoms. The Bertz CT molecular complexity index is 542. The highest BCUT2D eigenvalue weighted by atomic mass is 35.5. The van der Waals surface area contributed by atoms with E-state index in [-0.39, 0.29) is 6.42 Å². The predicted molar refractivity (Wildman–Crippen MR) is 64.8 cm³/mol. The lowest BCUT2D eigenvalue weighted by Gasteiger charge is -2.15. The summed E-state index contributed by atoms with van der Waals surface area (Å²) in [6.07, 6.45) is 1.69. The summed E-state index contributed by atoms with van der Waals surface area (Å²) in [4.78, 5) is 3.68. The number of ether oxygens (including phenoxy) is 1. The lowest BCUT2D eigenvalue weighted by atomic mass is 9.89. The summed E-state index contributed by atoms with van der Waals surface area (Å²) in [7, 11) is 1.55. The van der Waals surface area contributed by atoms with E-state index in [4.69, 9.17) is 28.2 Å². The number of nitrogens with zero attached hydrogens (tertiary/aromatic N) is 2. The zero-order chi connectivity index (χ0) is 12.5. The molecule has 0 spiro atoms. The van der Waals surface area contributed by atoms with Crippen LogP contribution in [-0.4, -0.2) is 7.11 Å². The molecule has 0 N–H and O–H groups in total. The van der Waals surface area contributed by atoms with Crippen LogP contribution in [0.4, 0.5) is 0 Å². The van der Waals surface area contributed by atoms with Gasteiger partial charge in [-0.05, 0) is 24.1 Å². The Kier molecular flexibility index (Phi) is 2.96. The molecule has 0 fully saturated rings. The van der Waals surface area contributed by atoms with E-state index in [1.807, 2.05) is 6.07 Å². The first-order valence-electron chi connectivity index (χ1n) is 5.29. The van der Waals surface area contributed by atoms with E-state index in [9.17, 15) is 0 Å². The number of nitriles is 1. The van der Waals surface area contributed by atoms with Crippen LogP contribution in [-0.2, 0) is 12.0 Å². The standard InChI is InChI=1S/C13H11ClN2O/c1-16-13(5-6-15)4-3-9-7-11(14)12(17-2)8-10(9)13/h7-8H,3-5H2,2H3. The third kappa shape index (κ3) is 1.73. The molecule has 0 aliphatic heterocycles. The molecular formula is C13H11ClN2O. The van der Waals surface area contributed by atoms with E-state index in [2.05, 4.69) is 10.9 Å². The summed E-state index contributed by atoms with van der Waals surface area (Å²) in [6.45, 7) is 7.36. The van der Waals surface area contributed by atoms with E-state index in [1.54, 1.807) is 13.2 Å². The molecule has 0 saturated carbocycles. The largest absolute Gasteiger partial charge is 0.495 e. The van der Waals surface area contributed by atoms with Crippen molar-refractivity contribution in [1.29, 1.82) is 5.26 Å². The maximum atomic E-state index is 8.88. The van der Waals surface area contributed by atoms with Crippen LogP contribution in [0.25, 0.3) is 4.85 Å². The molecule has 1 aromatic carbocycles. The first-order valence-corrected chi connectivity index (χ1v) is 5.67. The van der Waals surface area contributed by atoms with Gasteiger partial charge < -0.3 is 9.58 Å². The Morgan fingerprint density at radius 2 is 2.41 bits per heavy atom. The molecule has 0 heterocycles. The molecule has 4 heteroatoms. The number of aryl methyl sites for hydroxylation is 1. The second kappa shape index (κ2) is 4.28. The topological polar surface area (TPSA) is 37.4 Å². The zero-order valence-electron chi connectivity index (χ0n) is 9.46. The molecule has 0 amide bonds. The van der Waals surface area contributed by atoms with Crippen LogP contribution in [0.5, 0.6) is 5.75 Å². The first-order chi connectivity index (χ1) is 8.16. The minimum atomic E-state index is -0.706. The number of benzene rings is 1. The van der Waals surface area contributed by atoms with Crippen LogP contribution in [0.2, 0.25) is 5.02 Å². The van der Waals surface area contributed by atoms with Crippen molar-refractivity contribution >= 4 is 11.6 Å². The highest BCUT2D eigenvalue weighted by Gasteiger charge is 2.45. The van der Waals surface area contributed by atoms with Crippen molar-refractivity contribution in [3.05, 3.63) is 39.7 Å². The molecule has 2 rings (SSSR count). The van der Waals surface area contributed by atoms with Gasteiger partial charge in [0, 0.05) is 12.0 Å². The normalized spacial score (nSPS) is 21.4. The Morgan fingerprint density at radius 3 is 3.00 bits per heavy atom. The number of fused-ring (bicyclic) bond motifs is 1. The van der Waals surface area contributed by atoms with Gasteiger partial charge >= 0.3 is 0 Å². The van der Waals surface area contributed by atoms with Crippen molar-refractivity contribution in [2.75, 3.05) is 7.11 Å². The molecule has 0 saturated heterocycles. The third-order valence-corrected chi connectivity index (χ3v) is 3.57. The zero-order valence-corrected chi connectivity index (χ0v) is 10.2. The van der Waals surface area contributed by atoms with Gasteiger partial charge in [-0.15, -0.1) is 0 Å². The number of hydrogen-bond donors (Lipinski definition) is 0. The summed E-state index contributed by atoms with van der Waals surface area (Å²) in [6, 6.07) is 5.76. The fourth-order valence-electron chi connectivity index (χ4n) is 2.34. The lowest BCUT2D eigenvalue weighted by Crippen LogP contribution is -2.17. The van der Waals surface area contributed by atoms with E-state index in [0.29, 0.717) is 17.2 Å². The Labute approximate surface area is 105 Å². The summed E-state index contributed by atoms with van der Waals surface area (Å²) in [5, 5.41) is 9.44. The van der Waals surface area contributed by atoms with Crippen molar-refractivity contribution in [3.63, 3.8) is 0 Å². The molecule has 1 aliphatic carbocycles. The molecule has 1 aliphatic rings. The minimum Gasteiger partial charge on any atom is -0.495 e. The van der Waals surface area contributed by atoms with Gasteiger partial charge in [-0.3, -0.25) is 0 Å². The Balaban J connectivity index is 2.58. The molecule has 0 aromatic heterocycles. The Morgan fingerprint density at radius 1 is 1.65 bits per heavy atom. The molecule has 1 unspecified atom stereocenters. The average Bonchev–Trinajstić information content (AvgIpc) is 2.67. The van der Waals surface area contributed by atoms with Gasteiger partial charge in [-0.2, -0.15) is 5.26 Å². The van der Waals surface area contributed by atoms with E-state index < -0.39 is 5.54 Å². The van der Waals surface area contributed by atoms with Crippen LogP contribution >= 0.6 is 11.6 Å². The van der Waals surface area contributed by atoms with Crippen molar-refractivity contribution in [1.82, 2.24) is 0 Å². The minimum absolute atomic E-state index is 0.217. The van der Waals surface area contributed by atoms with Gasteiger partial charge in [0.15, 0.2) is 0 Å². The van der Waals surface area contributed by atoms with Crippen LogP contribution in [0, 0.1) is 17.9 Å². The fourth-order valence-corrected chi connectivity index (χ4v) is 2.60. The molecule has 86 valence electrons. The highest BCUT2D eigenvalue weighted by molar-refractivity contribution is 6.32. The van der Waals surface area contributed by atoms with Gasteiger partial charge in [0.2, 0.25) is 0 Å². The monoisotopic (exact) mass is 246 g/mol. The van der Waals surface area contributed by atoms with E-state index in [0.717, 1.165) is 17.5 Å². The molecule has 1 aromatic rings. The SMILES string of the molecule is [C-]#[N+]C1(CC#N)CCc2cc(Cl)c(OC)cc21. The van der Waals surface area contributed by atoms with Crippen LogP contribution < -0.4 is 4.74 Å². The first kappa shape index (κ1) is 11.8. The highest BCUT2D eigenvalue weighted by Crippen LogP contribution is 2.45. The van der Waals surface area contributed by atoms with E-state index >= 15 is 0 Å². The van der Waals surface area contributed by atoms with E-state index in [1.165, 1.54) is 0 Å². The molecular weight excluding hydrogens is 236 g/mol. The number of hydrogen-bond acceptors (Lipinski definition) is 2. The molecule has 0 bridgehead atoms. The van der Waals surface area contributed by atoms with Crippen LogP contribution in [0.1, 0.15) is 24.0 Å². The van der Waals surface area contributed by atoms with Gasteiger partial charge in [0.1, 0.15) is 12.2 Å². The fraction of sp³-hybridized carbons (Fsp3) is 0.385. The molecule has 1 atom stereocenters. The number of halogens is 1. The van der Waals surface area contributed by atoms with Crippen molar-refractivity contribution in [2.24, 2.45) is 0 Å². The van der Waals surface area contributed by atoms with Gasteiger partial charge in [0.05, 0.1) is 18.2 Å². The maximum absolute atomic E-state index is 8.88. The summed E-state index contributed by atoms with van der Waals surface area (Å²) in [5.74, 6) is 0.568. The summed E-state index contributed by atoms with van der Waals surface area (Å²) in [5.41, 5.74) is 1.25. The van der Waals surface area contributed by atoms with Crippen molar-refractivity contribution < 1.29 is 4.74 Å². The van der Waals surface area contributed by atoms with Crippen LogP contribution in [0.15, 0.2) is 12.1 Å². The smallest absolute Gasteiger partial charge is 0.271 e. The second-order valence-corrected chi connectivity index (χ2v) is 4.53.